The van der Waals surface area contributed by atoms with E-state index in [2.05, 4.69) is 34.6 Å². The van der Waals surface area contributed by atoms with Crippen molar-refractivity contribution < 1.29 is 0 Å². The molecule has 1 aromatic rings. The second kappa shape index (κ2) is 5.80. The number of aromatic nitrogens is 4. The van der Waals surface area contributed by atoms with Crippen LogP contribution in [0.4, 0.5) is 0 Å². The molecule has 86 valence electrons. The molecule has 0 aliphatic heterocycles. The zero-order valence-electron chi connectivity index (χ0n) is 10.1. The Morgan fingerprint density at radius 2 is 2.00 bits per heavy atom. The van der Waals surface area contributed by atoms with E-state index >= 15 is 0 Å². The summed E-state index contributed by atoms with van der Waals surface area (Å²) in [6.45, 7) is 4.45. The molecule has 0 spiro atoms. The Labute approximate surface area is 91.2 Å². The molecule has 0 aliphatic rings. The first-order valence-corrected chi connectivity index (χ1v) is 5.61. The van der Waals surface area contributed by atoms with Gasteiger partial charge in [-0.05, 0) is 18.2 Å². The lowest BCUT2D eigenvalue weighted by atomic mass is 9.92. The Morgan fingerprint density at radius 3 is 2.40 bits per heavy atom. The summed E-state index contributed by atoms with van der Waals surface area (Å²) >= 11 is 0. The smallest absolute Gasteiger partial charge is 0.176 e. The molecule has 15 heavy (non-hydrogen) atoms. The van der Waals surface area contributed by atoms with E-state index in [0.29, 0.717) is 12.0 Å². The van der Waals surface area contributed by atoms with Crippen molar-refractivity contribution in [1.82, 2.24) is 25.5 Å². The third-order valence-electron chi connectivity index (χ3n) is 2.94. The van der Waals surface area contributed by atoms with Gasteiger partial charge in [0.25, 0.3) is 0 Å². The van der Waals surface area contributed by atoms with Gasteiger partial charge in [-0.15, -0.1) is 10.2 Å². The molecule has 0 aliphatic carbocycles. The fraction of sp³-hybridized carbons (Fsp3) is 0.900. The number of hydrogen-bond donors (Lipinski definition) is 1. The summed E-state index contributed by atoms with van der Waals surface area (Å²) in [4.78, 5) is 1.51. The van der Waals surface area contributed by atoms with Crippen molar-refractivity contribution in [2.24, 2.45) is 13.0 Å². The highest BCUT2D eigenvalue weighted by Crippen LogP contribution is 2.15. The number of nitrogens with one attached hydrogen (secondary N) is 1. The maximum Gasteiger partial charge on any atom is 0.176 e. The van der Waals surface area contributed by atoms with Gasteiger partial charge in [-0.25, -0.2) is 0 Å². The molecular weight excluding hydrogens is 190 g/mol. The number of nitrogens with zero attached hydrogens (tertiary/aromatic N) is 4. The molecule has 1 N–H and O–H groups in total. The Balaban J connectivity index is 2.60. The first-order chi connectivity index (χ1) is 7.21. The van der Waals surface area contributed by atoms with Crippen molar-refractivity contribution in [3.8, 4) is 0 Å². The molecule has 1 unspecified atom stereocenters. The Hall–Kier alpha value is -0.970. The van der Waals surface area contributed by atoms with Crippen LogP contribution < -0.4 is 5.32 Å². The number of tetrazole rings is 1. The van der Waals surface area contributed by atoms with Crippen molar-refractivity contribution in [3.05, 3.63) is 5.82 Å². The zero-order chi connectivity index (χ0) is 11.3. The predicted octanol–water partition coefficient (Wildman–Crippen LogP) is 0.777. The number of likely N-dealkylation sites (N-methyl/N-ethyl adjacent to an activating group) is 1. The summed E-state index contributed by atoms with van der Waals surface area (Å²) in [5, 5.41) is 15.4. The van der Waals surface area contributed by atoms with Crippen molar-refractivity contribution >= 4 is 0 Å². The lowest BCUT2D eigenvalue weighted by Crippen LogP contribution is -2.35. The van der Waals surface area contributed by atoms with Gasteiger partial charge in [0.15, 0.2) is 5.82 Å². The summed E-state index contributed by atoms with van der Waals surface area (Å²) in [5.74, 6) is 1.50. The van der Waals surface area contributed by atoms with E-state index in [4.69, 9.17) is 0 Å². The van der Waals surface area contributed by atoms with Crippen molar-refractivity contribution in [1.29, 1.82) is 0 Å². The van der Waals surface area contributed by atoms with Crippen molar-refractivity contribution in [2.75, 3.05) is 7.05 Å². The van der Waals surface area contributed by atoms with E-state index in [1.165, 1.54) is 17.6 Å². The topological polar surface area (TPSA) is 55.6 Å². The molecule has 0 saturated carbocycles. The first kappa shape index (κ1) is 12.1. The number of rotatable bonds is 6. The number of aryl methyl sites for hydroxylation is 1. The molecule has 0 radical (unpaired) electrons. The first-order valence-electron chi connectivity index (χ1n) is 5.61. The van der Waals surface area contributed by atoms with Crippen LogP contribution >= 0.6 is 0 Å². The van der Waals surface area contributed by atoms with Gasteiger partial charge in [-0.2, -0.15) is 4.80 Å². The molecule has 1 atom stereocenters. The molecule has 0 fully saturated rings. The van der Waals surface area contributed by atoms with Gasteiger partial charge in [0.1, 0.15) is 0 Å². The SMILES string of the molecule is CCC(CC)C(Cc1nnn(C)n1)NC. The molecular formula is C10H21N5. The molecule has 5 heteroatoms. The average Bonchev–Trinajstić information content (AvgIpc) is 2.64. The van der Waals surface area contributed by atoms with Crippen molar-refractivity contribution in [2.45, 2.75) is 39.2 Å². The lowest BCUT2D eigenvalue weighted by Gasteiger charge is -2.23. The molecule has 1 aromatic heterocycles. The van der Waals surface area contributed by atoms with Crippen LogP contribution in [-0.4, -0.2) is 33.3 Å². The second-order valence-electron chi connectivity index (χ2n) is 3.87. The minimum absolute atomic E-state index is 0.448. The predicted molar refractivity (Wildman–Crippen MR) is 59.4 cm³/mol. The van der Waals surface area contributed by atoms with E-state index in [0.717, 1.165) is 12.2 Å². The largest absolute Gasteiger partial charge is 0.316 e. The van der Waals surface area contributed by atoms with Gasteiger partial charge < -0.3 is 5.32 Å². The monoisotopic (exact) mass is 211 g/mol. The maximum atomic E-state index is 4.20. The fourth-order valence-electron chi connectivity index (χ4n) is 1.96. The van der Waals surface area contributed by atoms with Gasteiger partial charge in [-0.1, -0.05) is 26.7 Å². The minimum Gasteiger partial charge on any atom is -0.316 e. The Morgan fingerprint density at radius 1 is 1.33 bits per heavy atom. The highest BCUT2D eigenvalue weighted by molar-refractivity contribution is 4.87. The van der Waals surface area contributed by atoms with Gasteiger partial charge in [0.05, 0.1) is 7.05 Å². The summed E-state index contributed by atoms with van der Waals surface area (Å²) in [6, 6.07) is 0.448. The molecule has 5 nitrogen and oxygen atoms in total. The Kier molecular flexibility index (Phi) is 4.68. The third-order valence-corrected chi connectivity index (χ3v) is 2.94. The van der Waals surface area contributed by atoms with Crippen LogP contribution in [0.2, 0.25) is 0 Å². The summed E-state index contributed by atoms with van der Waals surface area (Å²) in [5.41, 5.74) is 0. The summed E-state index contributed by atoms with van der Waals surface area (Å²) in [7, 11) is 3.79. The quantitative estimate of drug-likeness (QED) is 0.755. The second-order valence-corrected chi connectivity index (χ2v) is 3.87. The molecule has 1 heterocycles. The summed E-state index contributed by atoms with van der Waals surface area (Å²) in [6.07, 6.45) is 3.22. The van der Waals surface area contributed by atoms with Crippen LogP contribution in [0.15, 0.2) is 0 Å². The van der Waals surface area contributed by atoms with Crippen LogP contribution in [-0.2, 0) is 13.5 Å². The van der Waals surface area contributed by atoms with E-state index in [-0.39, 0.29) is 0 Å². The van der Waals surface area contributed by atoms with E-state index in [9.17, 15) is 0 Å². The van der Waals surface area contributed by atoms with Gasteiger partial charge in [0.2, 0.25) is 0 Å². The van der Waals surface area contributed by atoms with E-state index in [1.54, 1.807) is 7.05 Å². The Bertz CT molecular complexity index is 279. The zero-order valence-corrected chi connectivity index (χ0v) is 10.1. The van der Waals surface area contributed by atoms with Crippen LogP contribution in [0.1, 0.15) is 32.5 Å². The van der Waals surface area contributed by atoms with Crippen LogP contribution in [0.25, 0.3) is 0 Å². The van der Waals surface area contributed by atoms with Gasteiger partial charge in [0, 0.05) is 12.5 Å². The maximum absolute atomic E-state index is 4.20. The van der Waals surface area contributed by atoms with E-state index in [1.807, 2.05) is 7.05 Å². The summed E-state index contributed by atoms with van der Waals surface area (Å²) < 4.78 is 0. The molecule has 0 aromatic carbocycles. The fourth-order valence-corrected chi connectivity index (χ4v) is 1.96. The highest BCUT2D eigenvalue weighted by atomic mass is 15.6. The average molecular weight is 211 g/mol. The standard InChI is InChI=1S/C10H21N5/c1-5-8(6-2)9(11-3)7-10-12-14-15(4)13-10/h8-9,11H,5-7H2,1-4H3. The normalized spacial score (nSPS) is 13.4. The highest BCUT2D eigenvalue weighted by Gasteiger charge is 2.18. The molecule has 0 bridgehead atoms. The van der Waals surface area contributed by atoms with Crippen LogP contribution in [0.3, 0.4) is 0 Å². The third kappa shape index (κ3) is 3.27. The van der Waals surface area contributed by atoms with Crippen LogP contribution in [0.5, 0.6) is 0 Å². The van der Waals surface area contributed by atoms with Crippen molar-refractivity contribution in [3.63, 3.8) is 0 Å². The lowest BCUT2D eigenvalue weighted by molar-refractivity contribution is 0.344. The minimum atomic E-state index is 0.448. The van der Waals surface area contributed by atoms with Gasteiger partial charge >= 0.3 is 0 Å². The number of hydrogen-bond acceptors (Lipinski definition) is 4. The molecule has 0 amide bonds. The van der Waals surface area contributed by atoms with E-state index < -0.39 is 0 Å². The molecule has 0 saturated heterocycles. The van der Waals surface area contributed by atoms with Gasteiger partial charge in [-0.3, -0.25) is 0 Å². The molecule has 1 rings (SSSR count). The van der Waals surface area contributed by atoms with Crippen LogP contribution in [0, 0.1) is 5.92 Å².